The highest BCUT2D eigenvalue weighted by Crippen LogP contribution is 2.31. The molecule has 0 radical (unpaired) electrons. The van der Waals surface area contributed by atoms with Gasteiger partial charge in [-0.25, -0.2) is 13.2 Å². The van der Waals surface area contributed by atoms with Gasteiger partial charge in [-0.15, -0.1) is 11.6 Å². The summed E-state index contributed by atoms with van der Waals surface area (Å²) in [6.07, 6.45) is -9.69. The first-order valence-corrected chi connectivity index (χ1v) is 11.7. The lowest BCUT2D eigenvalue weighted by molar-refractivity contribution is -0.195. The Labute approximate surface area is 179 Å². The third-order valence-corrected chi connectivity index (χ3v) is 6.78. The zero-order valence-corrected chi connectivity index (χ0v) is 18.4. The van der Waals surface area contributed by atoms with Crippen LogP contribution in [-0.2, 0) is 14.6 Å². The van der Waals surface area contributed by atoms with Crippen LogP contribution in [0.15, 0.2) is 18.2 Å². The molecule has 7 nitrogen and oxygen atoms in total. The molecule has 2 rings (SSSR count). The zero-order chi connectivity index (χ0) is 22.7. The second kappa shape index (κ2) is 9.61. The molecule has 1 amide bonds. The van der Waals surface area contributed by atoms with E-state index in [2.05, 4.69) is 15.0 Å². The zero-order valence-electron chi connectivity index (χ0n) is 16.9. The van der Waals surface area contributed by atoms with Crippen molar-refractivity contribution in [1.82, 2.24) is 5.32 Å². The molecular weight excluding hydrogens is 447 g/mol. The fourth-order valence-corrected chi connectivity index (χ4v) is 4.05. The van der Waals surface area contributed by atoms with Crippen LogP contribution in [0.2, 0.25) is 0 Å². The van der Waals surface area contributed by atoms with Crippen LogP contribution in [0, 0.1) is 6.92 Å². The number of nitrogens with one attached hydrogen (secondary N) is 1. The van der Waals surface area contributed by atoms with Crippen LogP contribution in [-0.4, -0.2) is 63.6 Å². The van der Waals surface area contributed by atoms with E-state index in [0.29, 0.717) is 17.8 Å². The number of aryl methyl sites for hydroxylation is 1. The quantitative estimate of drug-likeness (QED) is 0.439. The number of benzene rings is 1. The van der Waals surface area contributed by atoms with Gasteiger partial charge in [-0.2, -0.15) is 13.2 Å². The van der Waals surface area contributed by atoms with Crippen molar-refractivity contribution in [2.75, 3.05) is 40.4 Å². The topological polar surface area (TPSA) is 88.9 Å². The van der Waals surface area contributed by atoms with E-state index in [9.17, 15) is 26.4 Å². The van der Waals surface area contributed by atoms with Gasteiger partial charge >= 0.3 is 12.3 Å². The first-order chi connectivity index (χ1) is 13.9. The monoisotopic (exact) mass is 471 g/mol. The second-order valence-corrected chi connectivity index (χ2v) is 9.56. The number of carbonyl (C=O) groups is 1. The molecule has 2 atom stereocenters. The Morgan fingerprint density at radius 3 is 2.37 bits per heavy atom. The lowest BCUT2D eigenvalue weighted by atomic mass is 10.1. The molecular formula is C18H25ClF3N3O4S. The predicted molar refractivity (Wildman–Crippen MR) is 110 cm³/mol. The Balaban J connectivity index is 2.30. The van der Waals surface area contributed by atoms with Crippen molar-refractivity contribution in [3.63, 3.8) is 0 Å². The SMILES string of the molecule is CCN(CC)c1ccc(N(C(=O)OC(CS(=O)(=O)CCl)C(F)(F)F)C2CN2)c(C)c1. The van der Waals surface area contributed by atoms with Crippen molar-refractivity contribution < 1.29 is 31.1 Å². The van der Waals surface area contributed by atoms with Gasteiger partial charge in [0.05, 0.1) is 11.4 Å². The van der Waals surface area contributed by atoms with Crippen LogP contribution in [0.3, 0.4) is 0 Å². The molecule has 1 heterocycles. The normalized spacial score (nSPS) is 17.4. The Morgan fingerprint density at radius 2 is 1.93 bits per heavy atom. The summed E-state index contributed by atoms with van der Waals surface area (Å²) in [4.78, 5) is 15.8. The Bertz CT molecular complexity index is 859. The standard InChI is InChI=1S/C18H25ClF3N3O4S/c1-4-24(5-2)13-6-7-14(12(3)8-13)25(16-9-23-16)17(26)29-15(18(20,21)22)10-30(27,28)11-19/h6-8,15-16,23H,4-5,9-11H2,1-3H3. The molecule has 0 saturated carbocycles. The van der Waals surface area contributed by atoms with Crippen LogP contribution in [0.25, 0.3) is 0 Å². The first kappa shape index (κ1) is 24.5. The van der Waals surface area contributed by atoms with Gasteiger partial charge in [-0.1, -0.05) is 0 Å². The van der Waals surface area contributed by atoms with Gasteiger partial charge in [0.15, 0.2) is 9.84 Å². The molecule has 1 aromatic rings. The molecule has 170 valence electrons. The number of amides is 1. The number of sulfone groups is 1. The van der Waals surface area contributed by atoms with Crippen molar-refractivity contribution in [3.8, 4) is 0 Å². The third kappa shape index (κ3) is 6.14. The molecule has 0 spiro atoms. The van der Waals surface area contributed by atoms with Crippen molar-refractivity contribution in [1.29, 1.82) is 0 Å². The fraction of sp³-hybridized carbons (Fsp3) is 0.611. The molecule has 12 heteroatoms. The van der Waals surface area contributed by atoms with Crippen molar-refractivity contribution in [2.24, 2.45) is 0 Å². The Kier molecular flexibility index (Phi) is 7.86. The van der Waals surface area contributed by atoms with E-state index in [4.69, 9.17) is 11.6 Å². The van der Waals surface area contributed by atoms with Crippen molar-refractivity contribution in [2.45, 2.75) is 39.2 Å². The van der Waals surface area contributed by atoms with Crippen LogP contribution >= 0.6 is 11.6 Å². The maximum atomic E-state index is 13.3. The summed E-state index contributed by atoms with van der Waals surface area (Å²) in [6, 6.07) is 5.25. The van der Waals surface area contributed by atoms with Crippen LogP contribution in [0.5, 0.6) is 0 Å². The number of hydrogen-bond acceptors (Lipinski definition) is 6. The molecule has 1 fully saturated rings. The van der Waals surface area contributed by atoms with Crippen LogP contribution in [0.4, 0.5) is 29.3 Å². The highest BCUT2D eigenvalue weighted by molar-refractivity contribution is 7.92. The fourth-order valence-electron chi connectivity index (χ4n) is 2.97. The summed E-state index contributed by atoms with van der Waals surface area (Å²) in [5, 5.41) is 1.86. The average Bonchev–Trinajstić information content (AvgIpc) is 3.48. The smallest absolute Gasteiger partial charge is 0.426 e. The van der Waals surface area contributed by atoms with E-state index < -0.39 is 45.3 Å². The number of hydrogen-bond donors (Lipinski definition) is 1. The highest BCUT2D eigenvalue weighted by Gasteiger charge is 2.47. The predicted octanol–water partition coefficient (Wildman–Crippen LogP) is 3.26. The summed E-state index contributed by atoms with van der Waals surface area (Å²) in [5.74, 6) is -1.43. The lowest BCUT2D eigenvalue weighted by Gasteiger charge is -2.28. The summed E-state index contributed by atoms with van der Waals surface area (Å²) < 4.78 is 67.7. The summed E-state index contributed by atoms with van der Waals surface area (Å²) in [6.45, 7) is 7.65. The van der Waals surface area contributed by atoms with E-state index in [1.165, 1.54) is 0 Å². The Morgan fingerprint density at radius 1 is 1.33 bits per heavy atom. The minimum atomic E-state index is -5.06. The minimum absolute atomic E-state index is 0.378. The molecule has 1 aliphatic rings. The van der Waals surface area contributed by atoms with Crippen molar-refractivity contribution in [3.05, 3.63) is 23.8 Å². The van der Waals surface area contributed by atoms with Crippen LogP contribution in [0.1, 0.15) is 19.4 Å². The number of nitrogens with zero attached hydrogens (tertiary/aromatic N) is 2. The molecule has 1 N–H and O–H groups in total. The minimum Gasteiger partial charge on any atom is -0.435 e. The van der Waals surface area contributed by atoms with Gasteiger partial charge < -0.3 is 9.64 Å². The third-order valence-electron chi connectivity index (χ3n) is 4.64. The molecule has 1 saturated heterocycles. The summed E-state index contributed by atoms with van der Waals surface area (Å²) >= 11 is 5.21. The number of halogens is 4. The number of alkyl halides is 4. The largest absolute Gasteiger partial charge is 0.435 e. The van der Waals surface area contributed by atoms with E-state index in [1.807, 2.05) is 19.9 Å². The maximum Gasteiger partial charge on any atom is 0.426 e. The van der Waals surface area contributed by atoms with Gasteiger partial charge in [-0.3, -0.25) is 10.2 Å². The van der Waals surface area contributed by atoms with E-state index >= 15 is 0 Å². The van der Waals surface area contributed by atoms with Gasteiger partial charge in [0, 0.05) is 25.3 Å². The molecule has 0 aromatic heterocycles. The highest BCUT2D eigenvalue weighted by atomic mass is 35.5. The molecule has 1 aliphatic heterocycles. The molecule has 2 unspecified atom stereocenters. The number of anilines is 2. The molecule has 0 bridgehead atoms. The van der Waals surface area contributed by atoms with Gasteiger partial charge in [0.2, 0.25) is 6.10 Å². The van der Waals surface area contributed by atoms with Gasteiger partial charge in [-0.05, 0) is 44.5 Å². The van der Waals surface area contributed by atoms with Gasteiger partial charge in [0.25, 0.3) is 0 Å². The van der Waals surface area contributed by atoms with E-state index in [0.717, 1.165) is 23.7 Å². The van der Waals surface area contributed by atoms with E-state index in [1.54, 1.807) is 19.1 Å². The van der Waals surface area contributed by atoms with Crippen molar-refractivity contribution >= 4 is 38.9 Å². The Hall–Kier alpha value is -1.72. The second-order valence-electron chi connectivity index (χ2n) is 6.87. The number of rotatable bonds is 9. The van der Waals surface area contributed by atoms with E-state index in [-0.39, 0.29) is 0 Å². The maximum absolute atomic E-state index is 13.3. The average molecular weight is 472 g/mol. The lowest BCUT2D eigenvalue weighted by Crippen LogP contribution is -2.45. The van der Waals surface area contributed by atoms with Crippen LogP contribution < -0.4 is 15.1 Å². The molecule has 0 aliphatic carbocycles. The number of ether oxygens (including phenoxy) is 1. The first-order valence-electron chi connectivity index (χ1n) is 9.35. The summed E-state index contributed by atoms with van der Waals surface area (Å²) in [7, 11) is -4.24. The number of carbonyl (C=O) groups excluding carboxylic acids is 1. The molecule has 1 aromatic carbocycles. The van der Waals surface area contributed by atoms with Gasteiger partial charge in [0.1, 0.15) is 11.4 Å². The molecule has 30 heavy (non-hydrogen) atoms. The summed E-state index contributed by atoms with van der Waals surface area (Å²) in [5.41, 5.74) is 1.97.